The summed E-state index contributed by atoms with van der Waals surface area (Å²) in [6, 6.07) is 0. The molecule has 0 spiro atoms. The Labute approximate surface area is 100 Å². The fourth-order valence-corrected chi connectivity index (χ4v) is 2.35. The van der Waals surface area contributed by atoms with Crippen molar-refractivity contribution < 1.29 is 18.3 Å². The van der Waals surface area contributed by atoms with Gasteiger partial charge in [0.2, 0.25) is 0 Å². The Hall–Kier alpha value is -0.690. The fraction of sp³-hybridized carbons (Fsp3) is 0.846. The van der Waals surface area contributed by atoms with E-state index in [9.17, 15) is 18.3 Å². The Morgan fingerprint density at radius 1 is 1.24 bits per heavy atom. The van der Waals surface area contributed by atoms with Crippen LogP contribution < -0.4 is 0 Å². The van der Waals surface area contributed by atoms with Gasteiger partial charge in [-0.2, -0.15) is 13.2 Å². The average Bonchev–Trinajstić information content (AvgIpc) is 2.26. The second kappa shape index (κ2) is 5.77. The Morgan fingerprint density at radius 2 is 1.82 bits per heavy atom. The molecule has 1 nitrogen and oxygen atoms in total. The van der Waals surface area contributed by atoms with Gasteiger partial charge in [0.25, 0.3) is 0 Å². The SMILES string of the molecule is C#CC1(O)CCC(CCCCC(F)(F)F)CC1. The Balaban J connectivity index is 2.13. The van der Waals surface area contributed by atoms with Gasteiger partial charge in [-0.05, 0) is 38.0 Å². The minimum atomic E-state index is -4.03. The minimum Gasteiger partial charge on any atom is -0.378 e. The van der Waals surface area contributed by atoms with Gasteiger partial charge in [0.15, 0.2) is 0 Å². The highest BCUT2D eigenvalue weighted by atomic mass is 19.4. The minimum absolute atomic E-state index is 0.208. The Morgan fingerprint density at radius 3 is 2.29 bits per heavy atom. The molecule has 17 heavy (non-hydrogen) atoms. The molecule has 1 saturated carbocycles. The molecule has 0 amide bonds. The van der Waals surface area contributed by atoms with Gasteiger partial charge in [-0.1, -0.05) is 18.8 Å². The van der Waals surface area contributed by atoms with E-state index in [1.807, 2.05) is 0 Å². The van der Waals surface area contributed by atoms with E-state index in [2.05, 4.69) is 5.92 Å². The van der Waals surface area contributed by atoms with Gasteiger partial charge in [-0.25, -0.2) is 0 Å². The molecule has 1 aliphatic rings. The van der Waals surface area contributed by atoms with E-state index in [4.69, 9.17) is 6.42 Å². The van der Waals surface area contributed by atoms with E-state index in [-0.39, 0.29) is 6.42 Å². The number of rotatable bonds is 4. The number of aliphatic hydroxyl groups is 1. The van der Waals surface area contributed by atoms with Crippen LogP contribution in [0.25, 0.3) is 0 Å². The zero-order valence-corrected chi connectivity index (χ0v) is 9.89. The van der Waals surface area contributed by atoms with Crippen molar-refractivity contribution in [2.24, 2.45) is 5.92 Å². The van der Waals surface area contributed by atoms with Crippen LogP contribution in [0, 0.1) is 18.3 Å². The van der Waals surface area contributed by atoms with E-state index < -0.39 is 18.2 Å². The molecule has 0 atom stereocenters. The first kappa shape index (κ1) is 14.4. The highest BCUT2D eigenvalue weighted by molar-refractivity contribution is 5.08. The fourth-order valence-electron chi connectivity index (χ4n) is 2.35. The molecule has 0 unspecified atom stereocenters. The van der Waals surface area contributed by atoms with E-state index in [1.165, 1.54) is 0 Å². The van der Waals surface area contributed by atoms with Gasteiger partial charge < -0.3 is 5.11 Å². The summed E-state index contributed by atoms with van der Waals surface area (Å²) in [5.41, 5.74) is -0.970. The second-order valence-electron chi connectivity index (χ2n) is 4.98. The molecule has 1 fully saturated rings. The molecule has 0 aliphatic heterocycles. The van der Waals surface area contributed by atoms with Gasteiger partial charge in [0, 0.05) is 6.42 Å². The molecule has 0 saturated heterocycles. The van der Waals surface area contributed by atoms with Gasteiger partial charge in [-0.3, -0.25) is 0 Å². The molecule has 1 aliphatic carbocycles. The first-order valence-electron chi connectivity index (χ1n) is 6.11. The zero-order chi connectivity index (χ0) is 12.9. The van der Waals surface area contributed by atoms with Crippen LogP contribution in [0.15, 0.2) is 0 Å². The molecule has 0 radical (unpaired) electrons. The number of alkyl halides is 3. The van der Waals surface area contributed by atoms with Crippen molar-refractivity contribution in [3.8, 4) is 12.3 Å². The number of unbranched alkanes of at least 4 members (excludes halogenated alkanes) is 1. The molecule has 4 heteroatoms. The predicted molar refractivity (Wildman–Crippen MR) is 60.3 cm³/mol. The number of hydrogen-bond donors (Lipinski definition) is 1. The Bertz CT molecular complexity index is 269. The van der Waals surface area contributed by atoms with Crippen LogP contribution in [-0.4, -0.2) is 16.9 Å². The molecule has 1 rings (SSSR count). The highest BCUT2D eigenvalue weighted by Crippen LogP contribution is 2.34. The van der Waals surface area contributed by atoms with Crippen molar-refractivity contribution in [3.63, 3.8) is 0 Å². The maximum absolute atomic E-state index is 11.9. The van der Waals surface area contributed by atoms with Crippen LogP contribution in [0.5, 0.6) is 0 Å². The topological polar surface area (TPSA) is 20.2 Å². The van der Waals surface area contributed by atoms with Crippen molar-refractivity contribution in [2.75, 3.05) is 0 Å². The van der Waals surface area contributed by atoms with Gasteiger partial charge in [0.1, 0.15) is 5.60 Å². The van der Waals surface area contributed by atoms with Crippen LogP contribution >= 0.6 is 0 Å². The van der Waals surface area contributed by atoms with Crippen molar-refractivity contribution in [1.29, 1.82) is 0 Å². The third-order valence-corrected chi connectivity index (χ3v) is 3.52. The third kappa shape index (κ3) is 5.45. The maximum atomic E-state index is 11.9. The largest absolute Gasteiger partial charge is 0.389 e. The smallest absolute Gasteiger partial charge is 0.378 e. The second-order valence-corrected chi connectivity index (χ2v) is 4.98. The summed E-state index contributed by atoms with van der Waals surface area (Å²) in [5.74, 6) is 2.82. The normalized spacial score (nSPS) is 29.9. The van der Waals surface area contributed by atoms with Gasteiger partial charge in [-0.15, -0.1) is 6.42 Å². The van der Waals surface area contributed by atoms with Crippen LogP contribution in [0.4, 0.5) is 13.2 Å². The monoisotopic (exact) mass is 248 g/mol. The summed E-state index contributed by atoms with van der Waals surface area (Å²) in [5, 5.41) is 9.79. The van der Waals surface area contributed by atoms with Crippen LogP contribution in [0.3, 0.4) is 0 Å². The van der Waals surface area contributed by atoms with E-state index >= 15 is 0 Å². The molecular weight excluding hydrogens is 229 g/mol. The first-order chi connectivity index (χ1) is 7.85. The molecule has 1 N–H and O–H groups in total. The lowest BCUT2D eigenvalue weighted by atomic mass is 9.77. The van der Waals surface area contributed by atoms with Gasteiger partial charge >= 0.3 is 6.18 Å². The third-order valence-electron chi connectivity index (χ3n) is 3.52. The quantitative estimate of drug-likeness (QED) is 0.594. The van der Waals surface area contributed by atoms with Crippen molar-refractivity contribution in [2.45, 2.75) is 63.1 Å². The lowest BCUT2D eigenvalue weighted by Crippen LogP contribution is -2.32. The van der Waals surface area contributed by atoms with E-state index in [1.54, 1.807) is 0 Å². The zero-order valence-electron chi connectivity index (χ0n) is 9.89. The van der Waals surface area contributed by atoms with E-state index in [0.29, 0.717) is 25.2 Å². The number of hydrogen-bond acceptors (Lipinski definition) is 1. The highest BCUT2D eigenvalue weighted by Gasteiger charge is 2.31. The molecular formula is C13H19F3O. The van der Waals surface area contributed by atoms with E-state index in [0.717, 1.165) is 19.3 Å². The predicted octanol–water partition coefficient (Wildman–Crippen LogP) is 3.66. The molecule has 0 heterocycles. The molecule has 0 aromatic carbocycles. The number of halogens is 3. The van der Waals surface area contributed by atoms with Crippen LogP contribution in [0.1, 0.15) is 51.4 Å². The standard InChI is InChI=1S/C13H19F3O/c1-2-12(17)9-6-11(7-10-12)5-3-4-8-13(14,15)16/h1,11,17H,3-10H2. The summed E-state index contributed by atoms with van der Waals surface area (Å²) in [6.07, 6.45) is 4.95. The summed E-state index contributed by atoms with van der Waals surface area (Å²) in [7, 11) is 0. The lowest BCUT2D eigenvalue weighted by Gasteiger charge is -2.32. The van der Waals surface area contributed by atoms with Crippen molar-refractivity contribution in [3.05, 3.63) is 0 Å². The van der Waals surface area contributed by atoms with Crippen LogP contribution in [-0.2, 0) is 0 Å². The molecule has 0 aromatic heterocycles. The summed E-state index contributed by atoms with van der Waals surface area (Å²) >= 11 is 0. The average molecular weight is 248 g/mol. The van der Waals surface area contributed by atoms with Gasteiger partial charge in [0.05, 0.1) is 0 Å². The Kier molecular flexibility index (Phi) is 4.88. The van der Waals surface area contributed by atoms with Crippen molar-refractivity contribution >= 4 is 0 Å². The maximum Gasteiger partial charge on any atom is 0.389 e. The molecule has 98 valence electrons. The summed E-state index contributed by atoms with van der Waals surface area (Å²) in [6.45, 7) is 0. The van der Waals surface area contributed by atoms with Crippen LogP contribution in [0.2, 0.25) is 0 Å². The van der Waals surface area contributed by atoms with Crippen molar-refractivity contribution in [1.82, 2.24) is 0 Å². The molecule has 0 bridgehead atoms. The summed E-state index contributed by atoms with van der Waals surface area (Å²) in [4.78, 5) is 0. The first-order valence-corrected chi connectivity index (χ1v) is 6.11. The number of terminal acetylenes is 1. The lowest BCUT2D eigenvalue weighted by molar-refractivity contribution is -0.135. The summed E-state index contributed by atoms with van der Waals surface area (Å²) < 4.78 is 35.7. The molecule has 0 aromatic rings.